The Morgan fingerprint density at radius 2 is 1.83 bits per heavy atom. The van der Waals surface area contributed by atoms with Crippen molar-refractivity contribution < 1.29 is 19.5 Å². The molecule has 4 rings (SSSR count). The van der Waals surface area contributed by atoms with Gasteiger partial charge in [-0.3, -0.25) is 9.36 Å². The Hall–Kier alpha value is -3.95. The van der Waals surface area contributed by atoms with E-state index in [0.717, 1.165) is 26.9 Å². The number of benzene rings is 3. The molecule has 0 aliphatic heterocycles. The van der Waals surface area contributed by atoms with Crippen LogP contribution >= 0.6 is 11.3 Å². The van der Waals surface area contributed by atoms with Crippen LogP contribution in [0.15, 0.2) is 82.7 Å². The van der Waals surface area contributed by atoms with Gasteiger partial charge in [0.1, 0.15) is 25.2 Å². The van der Waals surface area contributed by atoms with E-state index in [4.69, 9.17) is 15.3 Å². The SMILES string of the molecule is CO/N=C(\c1ccccc1)c1ccc2c(c1)sc(=O)n2CCOc1ccc(CC(N)C(=O)[O-])cc1. The third-order valence-electron chi connectivity index (χ3n) is 5.44. The molecule has 0 saturated heterocycles. The molecule has 0 bridgehead atoms. The second kappa shape index (κ2) is 11.0. The van der Waals surface area contributed by atoms with Crippen LogP contribution in [-0.4, -0.2) is 36.0 Å². The minimum Gasteiger partial charge on any atom is -0.548 e. The van der Waals surface area contributed by atoms with Gasteiger partial charge < -0.3 is 25.2 Å². The first-order valence-corrected chi connectivity index (χ1v) is 11.8. The third-order valence-corrected chi connectivity index (χ3v) is 6.38. The molecular formula is C26H24N3O5S-. The van der Waals surface area contributed by atoms with Crippen molar-refractivity contribution >= 4 is 33.2 Å². The smallest absolute Gasteiger partial charge is 0.308 e. The number of hydrogen-bond donors (Lipinski definition) is 1. The van der Waals surface area contributed by atoms with Gasteiger partial charge in [-0.1, -0.05) is 65.0 Å². The predicted molar refractivity (Wildman–Crippen MR) is 134 cm³/mol. The number of carboxylic acid groups (broad SMARTS) is 1. The fraction of sp³-hybridized carbons (Fsp3) is 0.192. The topological polar surface area (TPSA) is 119 Å². The summed E-state index contributed by atoms with van der Waals surface area (Å²) < 4.78 is 8.33. The number of carbonyl (C=O) groups excluding carboxylic acids is 1. The van der Waals surface area contributed by atoms with Gasteiger partial charge in [-0.2, -0.15) is 0 Å². The van der Waals surface area contributed by atoms with E-state index in [0.29, 0.717) is 24.6 Å². The minimum absolute atomic E-state index is 0.0719. The predicted octanol–water partition coefficient (Wildman–Crippen LogP) is 2.16. The minimum atomic E-state index is -1.28. The Balaban J connectivity index is 1.46. The molecule has 0 fully saturated rings. The van der Waals surface area contributed by atoms with Crippen molar-refractivity contribution in [3.05, 3.63) is 99.2 Å². The van der Waals surface area contributed by atoms with Crippen LogP contribution in [0, 0.1) is 0 Å². The zero-order valence-corrected chi connectivity index (χ0v) is 19.9. The number of rotatable bonds is 10. The molecule has 4 aromatic rings. The molecule has 35 heavy (non-hydrogen) atoms. The number of nitrogens with two attached hydrogens (primary N) is 1. The number of aromatic nitrogens is 1. The van der Waals surface area contributed by atoms with Crippen LogP contribution < -0.4 is 20.5 Å². The summed E-state index contributed by atoms with van der Waals surface area (Å²) in [7, 11) is 1.51. The van der Waals surface area contributed by atoms with Gasteiger partial charge in [-0.05, 0) is 36.2 Å². The van der Waals surface area contributed by atoms with Crippen LogP contribution in [0.4, 0.5) is 0 Å². The Bertz CT molecular complexity index is 1390. The lowest BCUT2D eigenvalue weighted by molar-refractivity contribution is -0.307. The molecular weight excluding hydrogens is 466 g/mol. The molecule has 0 saturated carbocycles. The summed E-state index contributed by atoms with van der Waals surface area (Å²) in [6, 6.07) is 21.5. The Labute approximate surface area is 205 Å². The monoisotopic (exact) mass is 490 g/mol. The van der Waals surface area contributed by atoms with E-state index in [1.54, 1.807) is 28.8 Å². The first-order chi connectivity index (χ1) is 17.0. The lowest BCUT2D eigenvalue weighted by atomic mass is 10.0. The molecule has 1 unspecified atom stereocenters. The number of oxime groups is 1. The number of carboxylic acids is 1. The van der Waals surface area contributed by atoms with Gasteiger partial charge in [0.25, 0.3) is 0 Å². The van der Waals surface area contributed by atoms with Crippen molar-refractivity contribution in [1.29, 1.82) is 0 Å². The third kappa shape index (κ3) is 5.76. The second-order valence-corrected chi connectivity index (χ2v) is 8.81. The quantitative estimate of drug-likeness (QED) is 0.269. The largest absolute Gasteiger partial charge is 0.548 e. The van der Waals surface area contributed by atoms with Gasteiger partial charge in [-0.15, -0.1) is 0 Å². The van der Waals surface area contributed by atoms with E-state index in [1.165, 1.54) is 18.4 Å². The standard InChI is InChI=1S/C26H25N3O5S/c1-33-28-24(18-5-3-2-4-6-18)19-9-12-22-23(16-19)35-26(32)29(22)13-14-34-20-10-7-17(8-11-20)15-21(27)25(30)31/h2-12,16,21H,13-15,27H2,1H3,(H,30,31)/p-1/b28-24+. The van der Waals surface area contributed by atoms with Crippen molar-refractivity contribution in [2.75, 3.05) is 13.7 Å². The molecule has 8 nitrogen and oxygen atoms in total. The van der Waals surface area contributed by atoms with E-state index in [2.05, 4.69) is 5.16 Å². The van der Waals surface area contributed by atoms with Crippen molar-refractivity contribution in [2.45, 2.75) is 19.0 Å². The Kier molecular flexibility index (Phi) is 7.59. The highest BCUT2D eigenvalue weighted by atomic mass is 32.1. The zero-order valence-electron chi connectivity index (χ0n) is 19.0. The summed E-state index contributed by atoms with van der Waals surface area (Å²) in [5.74, 6) is -0.665. The molecule has 0 aliphatic rings. The molecule has 1 atom stereocenters. The lowest BCUT2D eigenvalue weighted by Gasteiger charge is -2.13. The van der Waals surface area contributed by atoms with E-state index >= 15 is 0 Å². The van der Waals surface area contributed by atoms with Crippen LogP contribution in [0.3, 0.4) is 0 Å². The van der Waals surface area contributed by atoms with Gasteiger partial charge in [0, 0.05) is 17.2 Å². The highest BCUT2D eigenvalue weighted by molar-refractivity contribution is 7.16. The molecule has 180 valence electrons. The number of nitrogens with zero attached hydrogens (tertiary/aromatic N) is 2. The summed E-state index contributed by atoms with van der Waals surface area (Å²) in [4.78, 5) is 28.4. The number of thiazole rings is 1. The van der Waals surface area contributed by atoms with Crippen molar-refractivity contribution in [2.24, 2.45) is 10.9 Å². The van der Waals surface area contributed by atoms with Gasteiger partial charge >= 0.3 is 4.87 Å². The average molecular weight is 491 g/mol. The van der Waals surface area contributed by atoms with Gasteiger partial charge in [0.15, 0.2) is 0 Å². The first-order valence-electron chi connectivity index (χ1n) is 10.9. The lowest BCUT2D eigenvalue weighted by Crippen LogP contribution is -2.43. The van der Waals surface area contributed by atoms with Gasteiger partial charge in [0.05, 0.1) is 22.7 Å². The summed E-state index contributed by atoms with van der Waals surface area (Å²) >= 11 is 1.17. The molecule has 0 radical (unpaired) electrons. The fourth-order valence-corrected chi connectivity index (χ4v) is 4.66. The molecule has 1 aromatic heterocycles. The normalized spacial score (nSPS) is 12.5. The first kappa shape index (κ1) is 24.2. The van der Waals surface area contributed by atoms with Crippen LogP contribution in [0.5, 0.6) is 5.75 Å². The van der Waals surface area contributed by atoms with Crippen molar-refractivity contribution in [1.82, 2.24) is 4.57 Å². The number of carbonyl (C=O) groups is 1. The molecule has 0 amide bonds. The van der Waals surface area contributed by atoms with Gasteiger partial charge in [0.2, 0.25) is 0 Å². The maximum absolute atomic E-state index is 12.7. The van der Waals surface area contributed by atoms with E-state index in [9.17, 15) is 14.7 Å². The van der Waals surface area contributed by atoms with Crippen LogP contribution in [0.2, 0.25) is 0 Å². The van der Waals surface area contributed by atoms with Crippen molar-refractivity contribution in [3.63, 3.8) is 0 Å². The average Bonchev–Trinajstić information content (AvgIpc) is 3.18. The molecule has 2 N–H and O–H groups in total. The fourth-order valence-electron chi connectivity index (χ4n) is 3.70. The van der Waals surface area contributed by atoms with Crippen LogP contribution in [-0.2, 0) is 22.6 Å². The number of ether oxygens (including phenoxy) is 1. The molecule has 9 heteroatoms. The Morgan fingerprint density at radius 1 is 1.09 bits per heavy atom. The maximum Gasteiger partial charge on any atom is 0.308 e. The summed E-state index contributed by atoms with van der Waals surface area (Å²) in [6.45, 7) is 0.680. The van der Waals surface area contributed by atoms with Crippen LogP contribution in [0.25, 0.3) is 10.2 Å². The summed E-state index contributed by atoms with van der Waals surface area (Å²) in [6.07, 6.45) is 0.183. The molecule has 1 heterocycles. The molecule has 0 aliphatic carbocycles. The number of fused-ring (bicyclic) bond motifs is 1. The van der Waals surface area contributed by atoms with E-state index < -0.39 is 12.0 Å². The van der Waals surface area contributed by atoms with Gasteiger partial charge in [-0.25, -0.2) is 0 Å². The molecule has 3 aromatic carbocycles. The Morgan fingerprint density at radius 3 is 2.51 bits per heavy atom. The van der Waals surface area contributed by atoms with Crippen molar-refractivity contribution in [3.8, 4) is 5.75 Å². The zero-order chi connectivity index (χ0) is 24.8. The highest BCUT2D eigenvalue weighted by Crippen LogP contribution is 2.22. The van der Waals surface area contributed by atoms with E-state index in [1.807, 2.05) is 48.5 Å². The summed E-state index contributed by atoms with van der Waals surface area (Å²) in [5.41, 5.74) is 9.57. The van der Waals surface area contributed by atoms with Crippen LogP contribution in [0.1, 0.15) is 16.7 Å². The maximum atomic E-state index is 12.7. The molecule has 0 spiro atoms. The summed E-state index contributed by atoms with van der Waals surface area (Å²) in [5, 5.41) is 15.0. The van der Waals surface area contributed by atoms with E-state index in [-0.39, 0.29) is 11.3 Å². The highest BCUT2D eigenvalue weighted by Gasteiger charge is 2.13. The number of hydrogen-bond acceptors (Lipinski definition) is 8. The number of aliphatic carboxylic acids is 1. The second-order valence-electron chi connectivity index (χ2n) is 7.81.